The summed E-state index contributed by atoms with van der Waals surface area (Å²) < 4.78 is 0. The van der Waals surface area contributed by atoms with Crippen molar-refractivity contribution in [2.45, 2.75) is 40.2 Å². The highest BCUT2D eigenvalue weighted by Gasteiger charge is 2.19. The molecule has 6 heteroatoms. The van der Waals surface area contributed by atoms with E-state index >= 15 is 0 Å². The Balaban J connectivity index is 2.74. The molecule has 1 atom stereocenters. The monoisotopic (exact) mass is 310 g/mol. The quantitative estimate of drug-likeness (QED) is 0.772. The van der Waals surface area contributed by atoms with Gasteiger partial charge in [0.15, 0.2) is 0 Å². The van der Waals surface area contributed by atoms with Crippen LogP contribution in [0.1, 0.15) is 31.7 Å². The first-order valence-corrected chi connectivity index (χ1v) is 8.67. The van der Waals surface area contributed by atoms with E-state index < -0.39 is 0 Å². The first-order chi connectivity index (χ1) is 9.92. The third kappa shape index (κ3) is 6.80. The van der Waals surface area contributed by atoms with E-state index in [0.29, 0.717) is 18.4 Å². The standard InChI is InChI=1S/C15H26N4OS/c1-10(2)9-16-14(20)13(6-7-21-5)19-15-17-11(3)8-12(4)18-15/h8,10,13H,6-7,9H2,1-5H3,(H,16,20)(H,17,18,19)/t13-/m0/s1. The van der Waals surface area contributed by atoms with E-state index in [9.17, 15) is 4.79 Å². The summed E-state index contributed by atoms with van der Waals surface area (Å²) in [4.78, 5) is 21.0. The number of nitrogens with zero attached hydrogens (tertiary/aromatic N) is 2. The Morgan fingerprint density at radius 2 is 1.90 bits per heavy atom. The third-order valence-corrected chi connectivity index (χ3v) is 3.54. The van der Waals surface area contributed by atoms with Crippen LogP contribution in [-0.2, 0) is 4.79 Å². The largest absolute Gasteiger partial charge is 0.354 e. The summed E-state index contributed by atoms with van der Waals surface area (Å²) in [6.07, 6.45) is 2.79. The van der Waals surface area contributed by atoms with Crippen molar-refractivity contribution >= 4 is 23.6 Å². The fraction of sp³-hybridized carbons (Fsp3) is 0.667. The predicted molar refractivity (Wildman–Crippen MR) is 89.8 cm³/mol. The molecule has 1 amide bonds. The van der Waals surface area contributed by atoms with Crippen molar-refractivity contribution in [3.63, 3.8) is 0 Å². The summed E-state index contributed by atoms with van der Waals surface area (Å²) in [6, 6.07) is 1.62. The van der Waals surface area contributed by atoms with Crippen molar-refractivity contribution in [2.75, 3.05) is 23.9 Å². The minimum atomic E-state index is -0.294. The van der Waals surface area contributed by atoms with Gasteiger partial charge in [-0.05, 0) is 44.3 Å². The number of aryl methyl sites for hydroxylation is 2. The molecular weight excluding hydrogens is 284 g/mol. The highest BCUT2D eigenvalue weighted by molar-refractivity contribution is 7.98. The van der Waals surface area contributed by atoms with Crippen LogP contribution in [0.15, 0.2) is 6.07 Å². The summed E-state index contributed by atoms with van der Waals surface area (Å²) in [6.45, 7) is 8.70. The highest BCUT2D eigenvalue weighted by Crippen LogP contribution is 2.09. The Kier molecular flexibility index (Phi) is 7.50. The van der Waals surface area contributed by atoms with Gasteiger partial charge >= 0.3 is 0 Å². The van der Waals surface area contributed by atoms with Gasteiger partial charge in [0.2, 0.25) is 11.9 Å². The van der Waals surface area contributed by atoms with Gasteiger partial charge in [-0.15, -0.1) is 0 Å². The molecule has 118 valence electrons. The van der Waals surface area contributed by atoms with E-state index in [4.69, 9.17) is 0 Å². The van der Waals surface area contributed by atoms with Crippen molar-refractivity contribution in [3.05, 3.63) is 17.5 Å². The van der Waals surface area contributed by atoms with E-state index in [1.807, 2.05) is 26.2 Å². The summed E-state index contributed by atoms with van der Waals surface area (Å²) in [5, 5.41) is 6.15. The number of nitrogens with one attached hydrogen (secondary N) is 2. The Labute approximate surface area is 131 Å². The average molecular weight is 310 g/mol. The zero-order valence-corrected chi connectivity index (χ0v) is 14.4. The van der Waals surface area contributed by atoms with Crippen LogP contribution in [0.5, 0.6) is 0 Å². The number of amides is 1. The Morgan fingerprint density at radius 3 is 2.43 bits per heavy atom. The fourth-order valence-electron chi connectivity index (χ4n) is 1.88. The van der Waals surface area contributed by atoms with Crippen LogP contribution >= 0.6 is 11.8 Å². The Hall–Kier alpha value is -1.30. The number of hydrogen-bond donors (Lipinski definition) is 2. The molecule has 0 spiro atoms. The SMILES string of the molecule is CSCC[C@H](Nc1nc(C)cc(C)n1)C(=O)NCC(C)C. The van der Waals surface area contributed by atoms with Crippen LogP contribution in [0.4, 0.5) is 5.95 Å². The van der Waals surface area contributed by atoms with Gasteiger partial charge in [0.05, 0.1) is 0 Å². The average Bonchev–Trinajstić information content (AvgIpc) is 2.39. The molecule has 0 fully saturated rings. The van der Waals surface area contributed by atoms with E-state index in [-0.39, 0.29) is 11.9 Å². The van der Waals surface area contributed by atoms with Gasteiger partial charge in [-0.3, -0.25) is 4.79 Å². The first kappa shape index (κ1) is 17.8. The molecule has 5 nitrogen and oxygen atoms in total. The summed E-state index contributed by atoms with van der Waals surface area (Å²) in [5.74, 6) is 1.89. The lowest BCUT2D eigenvalue weighted by Gasteiger charge is -2.19. The Morgan fingerprint density at radius 1 is 1.29 bits per heavy atom. The van der Waals surface area contributed by atoms with Gasteiger partial charge in [-0.2, -0.15) is 11.8 Å². The molecule has 0 saturated heterocycles. The molecule has 1 heterocycles. The van der Waals surface area contributed by atoms with Gasteiger partial charge in [-0.1, -0.05) is 13.8 Å². The van der Waals surface area contributed by atoms with Crippen molar-refractivity contribution in [2.24, 2.45) is 5.92 Å². The lowest BCUT2D eigenvalue weighted by molar-refractivity contribution is -0.122. The number of carbonyl (C=O) groups excluding carboxylic acids is 1. The molecular formula is C15H26N4OS. The first-order valence-electron chi connectivity index (χ1n) is 7.27. The molecule has 21 heavy (non-hydrogen) atoms. The molecule has 0 unspecified atom stereocenters. The predicted octanol–water partition coefficient (Wildman–Crippen LogP) is 2.40. The minimum Gasteiger partial charge on any atom is -0.354 e. The highest BCUT2D eigenvalue weighted by atomic mass is 32.2. The number of thioether (sulfide) groups is 1. The molecule has 1 rings (SSSR count). The third-order valence-electron chi connectivity index (χ3n) is 2.90. The number of anilines is 1. The van der Waals surface area contributed by atoms with Crippen molar-refractivity contribution in [1.82, 2.24) is 15.3 Å². The normalized spacial score (nSPS) is 12.3. The van der Waals surface area contributed by atoms with Crippen LogP contribution < -0.4 is 10.6 Å². The van der Waals surface area contributed by atoms with Crippen LogP contribution in [-0.4, -0.2) is 40.5 Å². The molecule has 1 aromatic heterocycles. The molecule has 0 radical (unpaired) electrons. The number of hydrogen-bond acceptors (Lipinski definition) is 5. The van der Waals surface area contributed by atoms with E-state index in [1.54, 1.807) is 11.8 Å². The number of carbonyl (C=O) groups is 1. The topological polar surface area (TPSA) is 66.9 Å². The van der Waals surface area contributed by atoms with Crippen molar-refractivity contribution < 1.29 is 4.79 Å². The molecule has 2 N–H and O–H groups in total. The zero-order chi connectivity index (χ0) is 15.8. The fourth-order valence-corrected chi connectivity index (χ4v) is 2.35. The molecule has 0 aliphatic carbocycles. The van der Waals surface area contributed by atoms with Gasteiger partial charge in [-0.25, -0.2) is 9.97 Å². The van der Waals surface area contributed by atoms with Crippen LogP contribution in [0.3, 0.4) is 0 Å². The maximum Gasteiger partial charge on any atom is 0.242 e. The lowest BCUT2D eigenvalue weighted by Crippen LogP contribution is -2.41. The molecule has 1 aromatic rings. The second kappa shape index (κ2) is 8.87. The summed E-state index contributed by atoms with van der Waals surface area (Å²) in [7, 11) is 0. The maximum absolute atomic E-state index is 12.3. The maximum atomic E-state index is 12.3. The van der Waals surface area contributed by atoms with Crippen LogP contribution in [0.2, 0.25) is 0 Å². The van der Waals surface area contributed by atoms with Gasteiger partial charge in [0.1, 0.15) is 6.04 Å². The van der Waals surface area contributed by atoms with Gasteiger partial charge in [0, 0.05) is 17.9 Å². The van der Waals surface area contributed by atoms with E-state index in [2.05, 4.69) is 34.4 Å². The summed E-state index contributed by atoms with van der Waals surface area (Å²) >= 11 is 1.73. The lowest BCUT2D eigenvalue weighted by atomic mass is 10.2. The molecule has 0 bridgehead atoms. The summed E-state index contributed by atoms with van der Waals surface area (Å²) in [5.41, 5.74) is 1.80. The Bertz CT molecular complexity index is 445. The number of aromatic nitrogens is 2. The van der Waals surface area contributed by atoms with Crippen LogP contribution in [0.25, 0.3) is 0 Å². The molecule has 0 aliphatic rings. The van der Waals surface area contributed by atoms with Gasteiger partial charge in [0.25, 0.3) is 0 Å². The number of rotatable bonds is 8. The van der Waals surface area contributed by atoms with Crippen molar-refractivity contribution in [1.29, 1.82) is 0 Å². The van der Waals surface area contributed by atoms with Crippen LogP contribution in [0, 0.1) is 19.8 Å². The van der Waals surface area contributed by atoms with E-state index in [0.717, 1.165) is 23.6 Å². The molecule has 0 aliphatic heterocycles. The zero-order valence-electron chi connectivity index (χ0n) is 13.6. The molecule has 0 saturated carbocycles. The second-order valence-corrected chi connectivity index (χ2v) is 6.58. The smallest absolute Gasteiger partial charge is 0.242 e. The van der Waals surface area contributed by atoms with Crippen molar-refractivity contribution in [3.8, 4) is 0 Å². The van der Waals surface area contributed by atoms with Gasteiger partial charge < -0.3 is 10.6 Å². The second-order valence-electron chi connectivity index (χ2n) is 5.59. The molecule has 0 aromatic carbocycles. The minimum absolute atomic E-state index is 0.0144. The van der Waals surface area contributed by atoms with E-state index in [1.165, 1.54) is 0 Å².